The van der Waals surface area contributed by atoms with Crippen LogP contribution in [0.15, 0.2) is 0 Å². The molecule has 0 radical (unpaired) electrons. The lowest BCUT2D eigenvalue weighted by atomic mass is 10.00. The Balaban J connectivity index is 1.96. The molecule has 2 N–H and O–H groups in total. The van der Waals surface area contributed by atoms with Crippen molar-refractivity contribution in [2.24, 2.45) is 0 Å². The zero-order chi connectivity index (χ0) is 14.9. The Hall–Kier alpha value is -2.12. The van der Waals surface area contributed by atoms with E-state index in [9.17, 15) is 4.79 Å². The smallest absolute Gasteiger partial charge is 0.410 e. The van der Waals surface area contributed by atoms with Gasteiger partial charge in [0.25, 0.3) is 0 Å². The molecule has 1 aromatic rings. The predicted octanol–water partition coefficient (Wildman–Crippen LogP) is 0.797. The molecule has 0 atom stereocenters. The number of methoxy groups -OCH3 is 1. The van der Waals surface area contributed by atoms with Gasteiger partial charge in [-0.3, -0.25) is 0 Å². The van der Waals surface area contributed by atoms with Crippen LogP contribution in [0.3, 0.4) is 0 Å². The van der Waals surface area contributed by atoms with E-state index in [1.54, 1.807) is 4.90 Å². The number of aromatic nitrogens is 3. The third-order valence-electron chi connectivity index (χ3n) is 2.73. The van der Waals surface area contributed by atoms with Crippen LogP contribution < -0.4 is 10.5 Å². The molecule has 1 saturated heterocycles. The first kappa shape index (κ1) is 14.3. The third-order valence-corrected chi connectivity index (χ3v) is 2.73. The summed E-state index contributed by atoms with van der Waals surface area (Å²) in [7, 11) is 1.46. The largest absolute Gasteiger partial charge is 0.467 e. The number of carbonyl (C=O) groups is 1. The highest BCUT2D eigenvalue weighted by atomic mass is 16.6. The fraction of sp³-hybridized carbons (Fsp3) is 0.667. The predicted molar refractivity (Wildman–Crippen MR) is 71.3 cm³/mol. The molecule has 8 heteroatoms. The van der Waals surface area contributed by atoms with Gasteiger partial charge in [0.1, 0.15) is 11.4 Å². The summed E-state index contributed by atoms with van der Waals surface area (Å²) in [6.07, 6.45) is -0.331. The van der Waals surface area contributed by atoms with Crippen molar-refractivity contribution in [3.63, 3.8) is 0 Å². The van der Waals surface area contributed by atoms with Crippen molar-refractivity contribution in [2.45, 2.75) is 32.3 Å². The van der Waals surface area contributed by atoms with Crippen molar-refractivity contribution in [3.8, 4) is 6.01 Å². The summed E-state index contributed by atoms with van der Waals surface area (Å²) in [6.45, 7) is 6.50. The van der Waals surface area contributed by atoms with Crippen LogP contribution in [0.25, 0.3) is 0 Å². The second kappa shape index (κ2) is 5.10. The van der Waals surface area contributed by atoms with Crippen molar-refractivity contribution in [1.82, 2.24) is 19.9 Å². The molecule has 1 aliphatic rings. The van der Waals surface area contributed by atoms with E-state index in [0.29, 0.717) is 18.9 Å². The number of nitrogen functional groups attached to an aromatic ring is 1. The topological polar surface area (TPSA) is 103 Å². The maximum atomic E-state index is 11.8. The molecule has 1 fully saturated rings. The van der Waals surface area contributed by atoms with Crippen LogP contribution >= 0.6 is 0 Å². The summed E-state index contributed by atoms with van der Waals surface area (Å²) in [5.74, 6) is 0.679. The number of anilines is 1. The molecular weight excluding hydrogens is 262 g/mol. The van der Waals surface area contributed by atoms with Gasteiger partial charge in [-0.15, -0.1) is 0 Å². The molecule has 0 bridgehead atoms. The standard InChI is InChI=1S/C12H19N5O3/c1-12(2,3)20-11(18)17-5-7(6-17)8-14-9(13)16-10(15-8)19-4/h7H,5-6H2,1-4H3,(H2,13,14,15,16). The van der Waals surface area contributed by atoms with Crippen molar-refractivity contribution in [2.75, 3.05) is 25.9 Å². The fourth-order valence-electron chi connectivity index (χ4n) is 1.78. The molecular formula is C12H19N5O3. The van der Waals surface area contributed by atoms with E-state index in [0.717, 1.165) is 0 Å². The molecule has 0 saturated carbocycles. The first-order valence-electron chi connectivity index (χ1n) is 6.32. The van der Waals surface area contributed by atoms with Gasteiger partial charge >= 0.3 is 12.1 Å². The number of rotatable bonds is 2. The van der Waals surface area contributed by atoms with Gasteiger partial charge < -0.3 is 20.1 Å². The molecule has 2 heterocycles. The summed E-state index contributed by atoms with van der Waals surface area (Å²) < 4.78 is 10.2. The summed E-state index contributed by atoms with van der Waals surface area (Å²) in [6, 6.07) is 0.184. The molecule has 1 aliphatic heterocycles. The number of nitrogens with zero attached hydrogens (tertiary/aromatic N) is 4. The van der Waals surface area contributed by atoms with E-state index < -0.39 is 5.60 Å². The van der Waals surface area contributed by atoms with Gasteiger partial charge in [0, 0.05) is 13.1 Å². The molecule has 0 unspecified atom stereocenters. The third kappa shape index (κ3) is 3.25. The second-order valence-electron chi connectivity index (χ2n) is 5.62. The molecule has 1 amide bonds. The van der Waals surface area contributed by atoms with Crippen LogP contribution in [0.4, 0.5) is 10.7 Å². The molecule has 2 rings (SSSR count). The lowest BCUT2D eigenvalue weighted by Crippen LogP contribution is -2.50. The number of nitrogens with two attached hydrogens (primary N) is 1. The van der Waals surface area contributed by atoms with Crippen LogP contribution in [0.5, 0.6) is 6.01 Å². The zero-order valence-corrected chi connectivity index (χ0v) is 12.1. The van der Waals surface area contributed by atoms with Gasteiger partial charge in [-0.1, -0.05) is 0 Å². The molecule has 20 heavy (non-hydrogen) atoms. The number of hydrogen-bond donors (Lipinski definition) is 1. The minimum atomic E-state index is -0.497. The zero-order valence-electron chi connectivity index (χ0n) is 12.1. The quantitative estimate of drug-likeness (QED) is 0.854. The highest BCUT2D eigenvalue weighted by Gasteiger charge is 2.36. The van der Waals surface area contributed by atoms with E-state index in [1.165, 1.54) is 7.11 Å². The highest BCUT2D eigenvalue weighted by Crippen LogP contribution is 2.27. The summed E-state index contributed by atoms with van der Waals surface area (Å²) >= 11 is 0. The molecule has 8 nitrogen and oxygen atoms in total. The summed E-state index contributed by atoms with van der Waals surface area (Å²) in [4.78, 5) is 25.4. The number of likely N-dealkylation sites (tertiary alicyclic amines) is 1. The average molecular weight is 281 g/mol. The van der Waals surface area contributed by atoms with Gasteiger partial charge in [0.05, 0.1) is 13.0 Å². The SMILES string of the molecule is COc1nc(N)nc(C2CN(C(=O)OC(C)(C)C)C2)n1. The highest BCUT2D eigenvalue weighted by molar-refractivity contribution is 5.69. The summed E-state index contributed by atoms with van der Waals surface area (Å²) in [5.41, 5.74) is 5.08. The van der Waals surface area contributed by atoms with Crippen LogP contribution in [0.1, 0.15) is 32.5 Å². The van der Waals surface area contributed by atoms with Crippen LogP contribution in [-0.4, -0.2) is 51.7 Å². The summed E-state index contributed by atoms with van der Waals surface area (Å²) in [5, 5.41) is 0. The van der Waals surface area contributed by atoms with Gasteiger partial charge in [0.2, 0.25) is 5.95 Å². The average Bonchev–Trinajstić information content (AvgIpc) is 2.23. The lowest BCUT2D eigenvalue weighted by Gasteiger charge is -2.38. The first-order valence-corrected chi connectivity index (χ1v) is 6.32. The number of ether oxygens (including phenoxy) is 2. The normalized spacial score (nSPS) is 15.7. The van der Waals surface area contributed by atoms with Crippen molar-refractivity contribution in [3.05, 3.63) is 5.82 Å². The van der Waals surface area contributed by atoms with E-state index >= 15 is 0 Å². The Morgan fingerprint density at radius 1 is 1.30 bits per heavy atom. The maximum absolute atomic E-state index is 11.8. The fourth-order valence-corrected chi connectivity index (χ4v) is 1.78. The Morgan fingerprint density at radius 3 is 2.50 bits per heavy atom. The van der Waals surface area contributed by atoms with E-state index in [1.807, 2.05) is 20.8 Å². The number of carbonyl (C=O) groups excluding carboxylic acids is 1. The van der Waals surface area contributed by atoms with Crippen LogP contribution in [0, 0.1) is 0 Å². The monoisotopic (exact) mass is 281 g/mol. The van der Waals surface area contributed by atoms with Gasteiger partial charge in [-0.05, 0) is 20.8 Å². The minimum Gasteiger partial charge on any atom is -0.467 e. The molecule has 0 spiro atoms. The Bertz CT molecular complexity index is 508. The van der Waals surface area contributed by atoms with E-state index in [4.69, 9.17) is 15.2 Å². The minimum absolute atomic E-state index is 0.0294. The Morgan fingerprint density at radius 2 is 1.95 bits per heavy atom. The van der Waals surface area contributed by atoms with Gasteiger partial charge in [-0.2, -0.15) is 15.0 Å². The van der Waals surface area contributed by atoms with E-state index in [-0.39, 0.29) is 24.0 Å². The van der Waals surface area contributed by atoms with Crippen molar-refractivity contribution < 1.29 is 14.3 Å². The maximum Gasteiger partial charge on any atom is 0.410 e. The van der Waals surface area contributed by atoms with Crippen LogP contribution in [0.2, 0.25) is 0 Å². The van der Waals surface area contributed by atoms with Crippen LogP contribution in [-0.2, 0) is 4.74 Å². The van der Waals surface area contributed by atoms with E-state index in [2.05, 4.69) is 15.0 Å². The second-order valence-corrected chi connectivity index (χ2v) is 5.62. The first-order chi connectivity index (χ1) is 9.28. The van der Waals surface area contributed by atoms with Gasteiger partial charge in [-0.25, -0.2) is 4.79 Å². The number of amides is 1. The lowest BCUT2D eigenvalue weighted by molar-refractivity contribution is 0.00749. The molecule has 0 aliphatic carbocycles. The van der Waals surface area contributed by atoms with Crippen molar-refractivity contribution in [1.29, 1.82) is 0 Å². The van der Waals surface area contributed by atoms with Crippen molar-refractivity contribution >= 4 is 12.0 Å². The molecule has 110 valence electrons. The van der Waals surface area contributed by atoms with Gasteiger partial charge in [0.15, 0.2) is 0 Å². The Labute approximate surface area is 117 Å². The molecule has 1 aromatic heterocycles. The molecule has 0 aromatic carbocycles. The Kier molecular flexibility index (Phi) is 3.65. The number of hydrogen-bond acceptors (Lipinski definition) is 7.